The van der Waals surface area contributed by atoms with Crippen molar-refractivity contribution in [3.63, 3.8) is 0 Å². The highest BCUT2D eigenvalue weighted by Crippen LogP contribution is 2.26. The summed E-state index contributed by atoms with van der Waals surface area (Å²) in [5.74, 6) is -0.864. The standard InChI is InChI=1S/C14H18BrClN2O3/c1-9(2)18(7-3-4-13(19)20)14(21)17-12-8-10(16)5-6-11(12)15/h5-6,8-9H,3-4,7H2,1-2H3,(H,17,21)(H,19,20). The van der Waals surface area contributed by atoms with E-state index in [2.05, 4.69) is 21.2 Å². The maximum Gasteiger partial charge on any atom is 0.322 e. The van der Waals surface area contributed by atoms with Crippen LogP contribution in [0.25, 0.3) is 0 Å². The van der Waals surface area contributed by atoms with Gasteiger partial charge in [0.25, 0.3) is 0 Å². The number of carboxylic acids is 1. The topological polar surface area (TPSA) is 69.6 Å². The van der Waals surface area contributed by atoms with Crippen LogP contribution in [-0.2, 0) is 4.79 Å². The maximum absolute atomic E-state index is 12.3. The van der Waals surface area contributed by atoms with Gasteiger partial charge in [-0.25, -0.2) is 4.79 Å². The Morgan fingerprint density at radius 3 is 2.67 bits per heavy atom. The number of amides is 2. The van der Waals surface area contributed by atoms with Crippen LogP contribution in [0.1, 0.15) is 26.7 Å². The molecule has 0 atom stereocenters. The molecule has 1 aromatic carbocycles. The number of anilines is 1. The molecule has 0 heterocycles. The van der Waals surface area contributed by atoms with E-state index in [9.17, 15) is 9.59 Å². The summed E-state index contributed by atoms with van der Waals surface area (Å²) in [6, 6.07) is 4.81. The van der Waals surface area contributed by atoms with E-state index in [0.717, 1.165) is 4.47 Å². The van der Waals surface area contributed by atoms with Crippen molar-refractivity contribution in [3.8, 4) is 0 Å². The highest BCUT2D eigenvalue weighted by atomic mass is 79.9. The molecule has 1 rings (SSSR count). The summed E-state index contributed by atoms with van der Waals surface area (Å²) >= 11 is 9.26. The molecule has 0 aliphatic heterocycles. The molecule has 0 radical (unpaired) electrons. The monoisotopic (exact) mass is 376 g/mol. The van der Waals surface area contributed by atoms with Crippen LogP contribution in [0.5, 0.6) is 0 Å². The summed E-state index contributed by atoms with van der Waals surface area (Å²) in [5, 5.41) is 12.0. The Morgan fingerprint density at radius 1 is 1.43 bits per heavy atom. The van der Waals surface area contributed by atoms with Crippen molar-refractivity contribution in [2.45, 2.75) is 32.7 Å². The molecule has 116 valence electrons. The fourth-order valence-electron chi connectivity index (χ4n) is 1.78. The summed E-state index contributed by atoms with van der Waals surface area (Å²) in [6.07, 6.45) is 0.453. The number of carboxylic acid groups (broad SMARTS) is 1. The average molecular weight is 378 g/mol. The van der Waals surface area contributed by atoms with Gasteiger partial charge in [0.2, 0.25) is 0 Å². The zero-order valence-corrected chi connectivity index (χ0v) is 14.2. The van der Waals surface area contributed by atoms with Gasteiger partial charge in [-0.05, 0) is 54.4 Å². The second-order valence-electron chi connectivity index (χ2n) is 4.84. The van der Waals surface area contributed by atoms with Crippen molar-refractivity contribution in [2.24, 2.45) is 0 Å². The van der Waals surface area contributed by atoms with E-state index in [0.29, 0.717) is 23.7 Å². The number of carbonyl (C=O) groups excluding carboxylic acids is 1. The summed E-state index contributed by atoms with van der Waals surface area (Å²) in [5.41, 5.74) is 0.580. The predicted molar refractivity (Wildman–Crippen MR) is 86.9 cm³/mol. The van der Waals surface area contributed by atoms with Crippen LogP contribution in [0.15, 0.2) is 22.7 Å². The molecule has 1 aromatic rings. The molecule has 0 bridgehead atoms. The number of halogens is 2. The molecule has 0 aliphatic carbocycles. The third-order valence-corrected chi connectivity index (χ3v) is 3.77. The van der Waals surface area contributed by atoms with Crippen molar-refractivity contribution in [1.82, 2.24) is 4.90 Å². The minimum absolute atomic E-state index is 0.0308. The SMILES string of the molecule is CC(C)N(CCCC(=O)O)C(=O)Nc1cc(Cl)ccc1Br. The lowest BCUT2D eigenvalue weighted by Gasteiger charge is -2.27. The summed E-state index contributed by atoms with van der Waals surface area (Å²) < 4.78 is 0.731. The van der Waals surface area contributed by atoms with Gasteiger partial charge in [-0.3, -0.25) is 4.79 Å². The normalized spacial score (nSPS) is 10.5. The van der Waals surface area contributed by atoms with Gasteiger partial charge in [0.15, 0.2) is 0 Å². The van der Waals surface area contributed by atoms with Crippen LogP contribution >= 0.6 is 27.5 Å². The van der Waals surface area contributed by atoms with Crippen LogP contribution in [-0.4, -0.2) is 34.6 Å². The molecule has 0 spiro atoms. The summed E-state index contributed by atoms with van der Waals surface area (Å²) in [6.45, 7) is 4.15. The van der Waals surface area contributed by atoms with Gasteiger partial charge in [0.05, 0.1) is 5.69 Å². The number of aliphatic carboxylic acids is 1. The number of carbonyl (C=O) groups is 2. The van der Waals surface area contributed by atoms with E-state index in [1.54, 1.807) is 23.1 Å². The highest BCUT2D eigenvalue weighted by Gasteiger charge is 2.18. The first-order valence-corrected chi connectivity index (χ1v) is 7.73. The number of urea groups is 1. The minimum Gasteiger partial charge on any atom is -0.481 e. The van der Waals surface area contributed by atoms with E-state index in [-0.39, 0.29) is 18.5 Å². The molecule has 21 heavy (non-hydrogen) atoms. The quantitative estimate of drug-likeness (QED) is 0.780. The van der Waals surface area contributed by atoms with Gasteiger partial charge >= 0.3 is 12.0 Å². The third kappa shape index (κ3) is 5.93. The van der Waals surface area contributed by atoms with E-state index in [1.807, 2.05) is 13.8 Å². The average Bonchev–Trinajstić information content (AvgIpc) is 2.38. The molecule has 0 fully saturated rings. The van der Waals surface area contributed by atoms with Crippen molar-refractivity contribution >= 4 is 45.2 Å². The van der Waals surface area contributed by atoms with Gasteiger partial charge in [0.1, 0.15) is 0 Å². The molecule has 2 N–H and O–H groups in total. The molecular weight excluding hydrogens is 360 g/mol. The van der Waals surface area contributed by atoms with Crippen LogP contribution < -0.4 is 5.32 Å². The molecule has 0 aliphatic rings. The number of benzene rings is 1. The Bertz CT molecular complexity index is 523. The molecule has 0 aromatic heterocycles. The van der Waals surface area contributed by atoms with Crippen LogP contribution in [0, 0.1) is 0 Å². The number of rotatable bonds is 6. The molecule has 5 nitrogen and oxygen atoms in total. The Balaban J connectivity index is 2.72. The van der Waals surface area contributed by atoms with E-state index in [1.165, 1.54) is 0 Å². The molecule has 2 amide bonds. The predicted octanol–water partition coefficient (Wildman–Crippen LogP) is 4.21. The third-order valence-electron chi connectivity index (χ3n) is 2.84. The van der Waals surface area contributed by atoms with E-state index >= 15 is 0 Å². The first kappa shape index (κ1) is 17.8. The highest BCUT2D eigenvalue weighted by molar-refractivity contribution is 9.10. The lowest BCUT2D eigenvalue weighted by molar-refractivity contribution is -0.137. The Morgan fingerprint density at radius 2 is 2.10 bits per heavy atom. The molecule has 0 saturated carbocycles. The second kappa shape index (κ2) is 8.24. The van der Waals surface area contributed by atoms with Crippen molar-refractivity contribution in [2.75, 3.05) is 11.9 Å². The Kier molecular flexibility index (Phi) is 6.98. The summed E-state index contributed by atoms with van der Waals surface area (Å²) in [7, 11) is 0. The van der Waals surface area contributed by atoms with Crippen molar-refractivity contribution < 1.29 is 14.7 Å². The van der Waals surface area contributed by atoms with Gasteiger partial charge in [0, 0.05) is 28.5 Å². The maximum atomic E-state index is 12.3. The molecule has 0 unspecified atom stereocenters. The number of hydrogen-bond donors (Lipinski definition) is 2. The van der Waals surface area contributed by atoms with Crippen LogP contribution in [0.3, 0.4) is 0 Å². The minimum atomic E-state index is -0.864. The van der Waals surface area contributed by atoms with Crippen molar-refractivity contribution in [1.29, 1.82) is 0 Å². The van der Waals surface area contributed by atoms with Gasteiger partial charge in [-0.2, -0.15) is 0 Å². The van der Waals surface area contributed by atoms with E-state index < -0.39 is 5.97 Å². The van der Waals surface area contributed by atoms with Gasteiger partial charge in [-0.15, -0.1) is 0 Å². The zero-order chi connectivity index (χ0) is 16.0. The smallest absolute Gasteiger partial charge is 0.322 e. The van der Waals surface area contributed by atoms with E-state index in [4.69, 9.17) is 16.7 Å². The Labute approximate surface area is 137 Å². The first-order valence-electron chi connectivity index (χ1n) is 6.55. The fraction of sp³-hybridized carbons (Fsp3) is 0.429. The molecular formula is C14H18BrClN2O3. The number of nitrogens with one attached hydrogen (secondary N) is 1. The molecule has 7 heteroatoms. The second-order valence-corrected chi connectivity index (χ2v) is 6.13. The fourth-order valence-corrected chi connectivity index (χ4v) is 2.29. The van der Waals surface area contributed by atoms with Gasteiger partial charge in [-0.1, -0.05) is 11.6 Å². The Hall–Kier alpha value is -1.27. The first-order chi connectivity index (χ1) is 9.81. The van der Waals surface area contributed by atoms with Crippen LogP contribution in [0.4, 0.5) is 10.5 Å². The van der Waals surface area contributed by atoms with Gasteiger partial charge < -0.3 is 15.3 Å². The number of hydrogen-bond acceptors (Lipinski definition) is 2. The van der Waals surface area contributed by atoms with Crippen LogP contribution in [0.2, 0.25) is 5.02 Å². The molecule has 0 saturated heterocycles. The largest absolute Gasteiger partial charge is 0.481 e. The number of nitrogens with zero attached hydrogens (tertiary/aromatic N) is 1. The summed E-state index contributed by atoms with van der Waals surface area (Å²) in [4.78, 5) is 24.4. The van der Waals surface area contributed by atoms with Crippen molar-refractivity contribution in [3.05, 3.63) is 27.7 Å². The zero-order valence-electron chi connectivity index (χ0n) is 11.9. The lowest BCUT2D eigenvalue weighted by atomic mass is 10.2. The lowest BCUT2D eigenvalue weighted by Crippen LogP contribution is -2.40.